The molecule has 6 heterocycles. The summed E-state index contributed by atoms with van der Waals surface area (Å²) in [4.78, 5) is 22.8. The van der Waals surface area contributed by atoms with Crippen molar-refractivity contribution in [3.63, 3.8) is 0 Å². The number of hydrogen-bond donors (Lipinski definition) is 0. The van der Waals surface area contributed by atoms with Crippen LogP contribution in [0.15, 0.2) is 243 Å². The van der Waals surface area contributed by atoms with Crippen LogP contribution in [0.2, 0.25) is 0 Å². The third-order valence-electron chi connectivity index (χ3n) is 12.8. The van der Waals surface area contributed by atoms with Crippen LogP contribution in [-0.2, 0) is 6.42 Å². The Labute approximate surface area is 408 Å². The Morgan fingerprint density at radius 1 is 0.314 bits per heavy atom. The molecule has 0 aliphatic heterocycles. The molecule has 0 radical (unpaired) electrons. The zero-order chi connectivity index (χ0) is 47.2. The maximum absolute atomic E-state index is 4.81. The Balaban J connectivity index is 0.000000616. The van der Waals surface area contributed by atoms with E-state index in [1.54, 1.807) is 12.4 Å². The predicted octanol–water partition coefficient (Wildman–Crippen LogP) is 16.0. The maximum atomic E-state index is 4.81. The van der Waals surface area contributed by atoms with Crippen molar-refractivity contribution in [2.75, 3.05) is 0 Å². The van der Waals surface area contributed by atoms with E-state index in [-0.39, 0.29) is 0 Å². The standard InChI is InChI=1S/C57H37N5.C5H5N.C2H6/c1-3-15-44(52-17-5-9-27-58-52)42(13-1)38-22-25-56-50(32-38)51-33-39(43-14-2-4-16-45(43)53-18-6-10-28-59-53)23-26-57(51)62(56)41-24-21-37-31-40-34-48(54-19-7-11-29-60-54)49(36-47(40)46(37)35-41)55-20-8-12-30-61-55;1-2-4-6-5-3-1;1-2/h1-30,32-36H,31H2;1-5H;1-2H3. The Kier molecular flexibility index (Phi) is 12.2. The van der Waals surface area contributed by atoms with Gasteiger partial charge in [0.1, 0.15) is 0 Å². The van der Waals surface area contributed by atoms with Crippen LogP contribution in [0, 0.1) is 0 Å². The first-order valence-corrected chi connectivity index (χ1v) is 23.8. The molecule has 0 atom stereocenters. The summed E-state index contributed by atoms with van der Waals surface area (Å²) in [5, 5.41) is 2.37. The summed E-state index contributed by atoms with van der Waals surface area (Å²) >= 11 is 0. The predicted molar refractivity (Wildman–Crippen MR) is 288 cm³/mol. The molecule has 12 aromatic rings. The number of rotatable bonds is 7. The van der Waals surface area contributed by atoms with E-state index in [9.17, 15) is 0 Å². The highest BCUT2D eigenvalue weighted by Crippen LogP contribution is 2.46. The molecule has 0 saturated heterocycles. The van der Waals surface area contributed by atoms with Crippen molar-refractivity contribution < 1.29 is 0 Å². The molecule has 0 unspecified atom stereocenters. The quantitative estimate of drug-likeness (QED) is 0.159. The van der Waals surface area contributed by atoms with E-state index >= 15 is 0 Å². The lowest BCUT2D eigenvalue weighted by Gasteiger charge is -2.14. The van der Waals surface area contributed by atoms with Crippen LogP contribution >= 0.6 is 0 Å². The fraction of sp³-hybridized carbons (Fsp3) is 0.0469. The molecule has 334 valence electrons. The zero-order valence-electron chi connectivity index (χ0n) is 39.0. The molecular formula is C64H48N6. The Morgan fingerprint density at radius 2 is 0.743 bits per heavy atom. The van der Waals surface area contributed by atoms with E-state index in [2.05, 4.69) is 161 Å². The topological polar surface area (TPSA) is 69.4 Å². The fourth-order valence-corrected chi connectivity index (χ4v) is 9.73. The van der Waals surface area contributed by atoms with Crippen molar-refractivity contribution in [1.82, 2.24) is 29.5 Å². The third kappa shape index (κ3) is 8.33. The highest BCUT2D eigenvalue weighted by Gasteiger charge is 2.25. The summed E-state index contributed by atoms with van der Waals surface area (Å²) in [6.07, 6.45) is 11.8. The molecule has 0 amide bonds. The van der Waals surface area contributed by atoms with Gasteiger partial charge in [-0.1, -0.05) is 111 Å². The van der Waals surface area contributed by atoms with E-state index in [1.165, 1.54) is 33.0 Å². The van der Waals surface area contributed by atoms with E-state index in [1.807, 2.05) is 93.2 Å². The van der Waals surface area contributed by atoms with Crippen molar-refractivity contribution >= 4 is 21.8 Å². The van der Waals surface area contributed by atoms with E-state index in [0.29, 0.717) is 0 Å². The molecule has 0 bridgehead atoms. The van der Waals surface area contributed by atoms with Gasteiger partial charge in [0.05, 0.1) is 33.8 Å². The van der Waals surface area contributed by atoms with Gasteiger partial charge in [0.15, 0.2) is 0 Å². The van der Waals surface area contributed by atoms with Crippen LogP contribution in [-0.4, -0.2) is 29.5 Å². The number of nitrogens with zero attached hydrogens (tertiary/aromatic N) is 6. The van der Waals surface area contributed by atoms with Gasteiger partial charge in [-0.25, -0.2) is 0 Å². The lowest BCUT2D eigenvalue weighted by atomic mass is 9.94. The van der Waals surface area contributed by atoms with Crippen LogP contribution in [0.1, 0.15) is 25.0 Å². The first-order chi connectivity index (χ1) is 34.7. The normalized spacial score (nSPS) is 11.2. The second kappa shape index (κ2) is 19.6. The molecule has 13 rings (SSSR count). The van der Waals surface area contributed by atoms with E-state index in [4.69, 9.17) is 19.9 Å². The molecule has 6 aromatic carbocycles. The van der Waals surface area contributed by atoms with Crippen molar-refractivity contribution in [2.24, 2.45) is 0 Å². The number of aromatic nitrogens is 6. The molecule has 70 heavy (non-hydrogen) atoms. The van der Waals surface area contributed by atoms with Crippen LogP contribution in [0.5, 0.6) is 0 Å². The van der Waals surface area contributed by atoms with E-state index < -0.39 is 0 Å². The monoisotopic (exact) mass is 900 g/mol. The summed E-state index contributed by atoms with van der Waals surface area (Å²) in [6, 6.07) is 72.8. The van der Waals surface area contributed by atoms with Crippen molar-refractivity contribution in [3.05, 3.63) is 255 Å². The Bertz CT molecular complexity index is 3580. The zero-order valence-corrected chi connectivity index (χ0v) is 39.0. The molecule has 1 aliphatic carbocycles. The smallest absolute Gasteiger partial charge is 0.0708 e. The number of fused-ring (bicyclic) bond motifs is 6. The first-order valence-electron chi connectivity index (χ1n) is 23.8. The van der Waals surface area contributed by atoms with Crippen LogP contribution < -0.4 is 0 Å². The van der Waals surface area contributed by atoms with Crippen LogP contribution in [0.3, 0.4) is 0 Å². The SMILES string of the molecule is CC.c1ccc(-c2ccccc2-c2ccc3c(c2)c2cc(-c4ccccc4-c4ccccn4)ccc2n3-c2ccc3c(c2)-c2cc(-c4ccccn4)c(-c4ccccn4)cc2C3)nc1.c1ccncc1. The Hall–Kier alpha value is -9.13. The molecule has 0 saturated carbocycles. The second-order valence-electron chi connectivity index (χ2n) is 16.8. The largest absolute Gasteiger partial charge is 0.309 e. The molecule has 1 aliphatic rings. The highest BCUT2D eigenvalue weighted by molar-refractivity contribution is 6.12. The number of hydrogen-bond acceptors (Lipinski definition) is 5. The Morgan fingerprint density at radius 3 is 1.19 bits per heavy atom. The lowest BCUT2D eigenvalue weighted by molar-refractivity contribution is 1.17. The molecular weight excluding hydrogens is 853 g/mol. The minimum absolute atomic E-state index is 0.860. The van der Waals surface area contributed by atoms with Gasteiger partial charge in [0.2, 0.25) is 0 Å². The fourth-order valence-electron chi connectivity index (χ4n) is 9.73. The molecule has 0 fully saturated rings. The van der Waals surface area contributed by atoms with Crippen LogP contribution in [0.25, 0.3) is 106 Å². The minimum atomic E-state index is 0.860. The van der Waals surface area contributed by atoms with Crippen molar-refractivity contribution in [1.29, 1.82) is 0 Å². The molecule has 6 heteroatoms. The van der Waals surface area contributed by atoms with Crippen molar-refractivity contribution in [2.45, 2.75) is 20.3 Å². The van der Waals surface area contributed by atoms with Gasteiger partial charge in [-0.2, -0.15) is 0 Å². The third-order valence-corrected chi connectivity index (χ3v) is 12.8. The van der Waals surface area contributed by atoms with Gasteiger partial charge < -0.3 is 4.57 Å². The average Bonchev–Trinajstić information content (AvgIpc) is 3.98. The molecule has 6 nitrogen and oxygen atoms in total. The van der Waals surface area contributed by atoms with Crippen molar-refractivity contribution in [3.8, 4) is 84.1 Å². The summed E-state index contributed by atoms with van der Waals surface area (Å²) < 4.78 is 2.44. The van der Waals surface area contributed by atoms with E-state index in [0.717, 1.165) is 90.4 Å². The van der Waals surface area contributed by atoms with Gasteiger partial charge in [0.25, 0.3) is 0 Å². The average molecular weight is 901 g/mol. The maximum Gasteiger partial charge on any atom is 0.0708 e. The summed E-state index contributed by atoms with van der Waals surface area (Å²) in [6.45, 7) is 4.00. The number of pyridine rings is 5. The first kappa shape index (κ1) is 43.4. The summed E-state index contributed by atoms with van der Waals surface area (Å²) in [5.74, 6) is 0. The molecule has 6 aromatic heterocycles. The number of benzene rings is 6. The molecule has 0 spiro atoms. The summed E-state index contributed by atoms with van der Waals surface area (Å²) in [5.41, 5.74) is 21.3. The van der Waals surface area contributed by atoms with Gasteiger partial charge in [0, 0.05) is 75.9 Å². The van der Waals surface area contributed by atoms with Gasteiger partial charge >= 0.3 is 0 Å². The lowest BCUT2D eigenvalue weighted by Crippen LogP contribution is -1.95. The van der Waals surface area contributed by atoms with Crippen LogP contribution in [0.4, 0.5) is 0 Å². The minimum Gasteiger partial charge on any atom is -0.309 e. The van der Waals surface area contributed by atoms with Gasteiger partial charge in [-0.15, -0.1) is 0 Å². The van der Waals surface area contributed by atoms with Gasteiger partial charge in [-0.3, -0.25) is 24.9 Å². The summed E-state index contributed by atoms with van der Waals surface area (Å²) in [7, 11) is 0. The van der Waals surface area contributed by atoms with Gasteiger partial charge in [-0.05, 0) is 160 Å². The highest BCUT2D eigenvalue weighted by atomic mass is 15.0. The molecule has 0 N–H and O–H groups in total. The second-order valence-corrected chi connectivity index (χ2v) is 16.8.